The van der Waals surface area contributed by atoms with E-state index in [1.807, 2.05) is 6.08 Å². The van der Waals surface area contributed by atoms with Gasteiger partial charge in [-0.3, -0.25) is 0 Å². The summed E-state index contributed by atoms with van der Waals surface area (Å²) in [6, 6.07) is 2.40. The monoisotopic (exact) mass is 247 g/mol. The topological polar surface area (TPSA) is 23.8 Å². The van der Waals surface area contributed by atoms with Crippen LogP contribution < -0.4 is 0 Å². The minimum atomic E-state index is -0.573. The van der Waals surface area contributed by atoms with Gasteiger partial charge in [0.25, 0.3) is 0 Å². The fraction of sp³-hybridized carbons (Fsp3) is 0.688. The molecule has 1 saturated carbocycles. The molecule has 1 unspecified atom stereocenters. The zero-order valence-electron chi connectivity index (χ0n) is 11.2. The van der Waals surface area contributed by atoms with E-state index in [0.717, 1.165) is 18.8 Å². The van der Waals surface area contributed by atoms with E-state index in [1.165, 1.54) is 31.8 Å². The van der Waals surface area contributed by atoms with Crippen LogP contribution in [0.5, 0.6) is 0 Å². The lowest BCUT2D eigenvalue weighted by molar-refractivity contribution is 0.174. The molecule has 0 N–H and O–H groups in total. The van der Waals surface area contributed by atoms with E-state index in [0.29, 0.717) is 5.92 Å². The molecular weight excluding hydrogens is 225 g/mol. The largest absolute Gasteiger partial charge is 0.212 e. The summed E-state index contributed by atoms with van der Waals surface area (Å²) in [6.45, 7) is 2.23. The maximum atomic E-state index is 13.5. The number of allylic oxidation sites excluding steroid dienone is 4. The van der Waals surface area contributed by atoms with Crippen molar-refractivity contribution in [1.82, 2.24) is 0 Å². The van der Waals surface area contributed by atoms with E-state index in [2.05, 4.69) is 13.0 Å². The van der Waals surface area contributed by atoms with E-state index in [4.69, 9.17) is 0 Å². The summed E-state index contributed by atoms with van der Waals surface area (Å²) in [5, 5.41) is 9.49. The summed E-state index contributed by atoms with van der Waals surface area (Å²) in [4.78, 5) is 0. The van der Waals surface area contributed by atoms with Crippen LogP contribution in [0, 0.1) is 28.6 Å². The molecule has 0 spiro atoms. The molecule has 1 nitrogen and oxygen atoms in total. The van der Waals surface area contributed by atoms with Crippen molar-refractivity contribution in [3.63, 3.8) is 0 Å². The predicted octanol–water partition coefficient (Wildman–Crippen LogP) is 4.92. The first-order chi connectivity index (χ1) is 8.70. The van der Waals surface area contributed by atoms with E-state index in [9.17, 15) is 9.65 Å². The third kappa shape index (κ3) is 2.66. The second-order valence-corrected chi connectivity index (χ2v) is 5.81. The third-order valence-electron chi connectivity index (χ3n) is 4.61. The Morgan fingerprint density at radius 3 is 2.67 bits per heavy atom. The molecule has 1 fully saturated rings. The van der Waals surface area contributed by atoms with Gasteiger partial charge in [-0.1, -0.05) is 44.8 Å². The molecule has 0 saturated heterocycles. The Kier molecular flexibility index (Phi) is 4.22. The molecule has 1 atom stereocenters. The van der Waals surface area contributed by atoms with Crippen LogP contribution in [0.25, 0.3) is 0 Å². The maximum Gasteiger partial charge on any atom is 0.102 e. The number of halogens is 1. The first kappa shape index (κ1) is 13.3. The van der Waals surface area contributed by atoms with Gasteiger partial charge in [0.05, 0.1) is 11.5 Å². The fourth-order valence-electron chi connectivity index (χ4n) is 3.54. The van der Waals surface area contributed by atoms with E-state index in [1.54, 1.807) is 6.08 Å². The Balaban J connectivity index is 2.02. The molecule has 2 rings (SSSR count). The molecule has 0 aromatic rings. The van der Waals surface area contributed by atoms with Crippen molar-refractivity contribution >= 4 is 0 Å². The third-order valence-corrected chi connectivity index (χ3v) is 4.61. The Bertz CT molecular complexity index is 382. The second kappa shape index (κ2) is 5.69. The number of nitrogens with zero attached hydrogens (tertiary/aromatic N) is 1. The molecule has 0 aromatic heterocycles. The highest BCUT2D eigenvalue weighted by Crippen LogP contribution is 2.47. The summed E-state index contributed by atoms with van der Waals surface area (Å²) in [7, 11) is 0. The standard InChI is InChI=1S/C16H22FN/c1-2-4-13-6-8-14(9-7-13)16(12-18)10-3-5-15(17)11-16/h3,5,10,13-14H,2,4,6-9,11H2,1H3. The van der Waals surface area contributed by atoms with Gasteiger partial charge in [-0.05, 0) is 30.8 Å². The molecule has 0 aliphatic heterocycles. The molecule has 0 heterocycles. The van der Waals surface area contributed by atoms with Crippen molar-refractivity contribution in [1.29, 1.82) is 5.26 Å². The first-order valence-corrected chi connectivity index (χ1v) is 7.15. The minimum Gasteiger partial charge on any atom is -0.212 e. The van der Waals surface area contributed by atoms with E-state index < -0.39 is 5.41 Å². The number of hydrogen-bond donors (Lipinski definition) is 0. The van der Waals surface area contributed by atoms with Gasteiger partial charge < -0.3 is 0 Å². The SMILES string of the molecule is CCCC1CCC(C2(C#N)C=CC=C(F)C2)CC1. The molecule has 0 aromatic carbocycles. The van der Waals surface area contributed by atoms with Gasteiger partial charge >= 0.3 is 0 Å². The van der Waals surface area contributed by atoms with Gasteiger partial charge in [0, 0.05) is 6.42 Å². The lowest BCUT2D eigenvalue weighted by Crippen LogP contribution is -2.32. The van der Waals surface area contributed by atoms with Gasteiger partial charge in [0.15, 0.2) is 0 Å². The van der Waals surface area contributed by atoms with Crippen LogP contribution in [0.2, 0.25) is 0 Å². The summed E-state index contributed by atoms with van der Waals surface area (Å²) in [5.41, 5.74) is -0.573. The highest BCUT2D eigenvalue weighted by Gasteiger charge is 2.40. The molecule has 0 amide bonds. The summed E-state index contributed by atoms with van der Waals surface area (Å²) >= 11 is 0. The summed E-state index contributed by atoms with van der Waals surface area (Å²) < 4.78 is 13.5. The van der Waals surface area contributed by atoms with Gasteiger partial charge in [0.2, 0.25) is 0 Å². The van der Waals surface area contributed by atoms with Crippen molar-refractivity contribution < 1.29 is 4.39 Å². The van der Waals surface area contributed by atoms with Crippen molar-refractivity contribution in [3.8, 4) is 6.07 Å². The average molecular weight is 247 g/mol. The first-order valence-electron chi connectivity index (χ1n) is 7.15. The van der Waals surface area contributed by atoms with Crippen LogP contribution >= 0.6 is 0 Å². The Hall–Kier alpha value is -1.10. The van der Waals surface area contributed by atoms with E-state index in [-0.39, 0.29) is 12.2 Å². The molecule has 2 heteroatoms. The highest BCUT2D eigenvalue weighted by atomic mass is 19.1. The molecule has 2 aliphatic carbocycles. The molecular formula is C16H22FN. The zero-order chi connectivity index (χ0) is 13.0. The number of rotatable bonds is 3. The maximum absolute atomic E-state index is 13.5. The quantitative estimate of drug-likeness (QED) is 0.694. The predicted molar refractivity (Wildman–Crippen MR) is 71.4 cm³/mol. The summed E-state index contributed by atoms with van der Waals surface area (Å²) in [6.07, 6.45) is 12.5. The Labute approximate surface area is 109 Å². The fourth-order valence-corrected chi connectivity index (χ4v) is 3.54. The smallest absolute Gasteiger partial charge is 0.102 e. The normalized spacial score (nSPS) is 35.9. The van der Waals surface area contributed by atoms with Crippen LogP contribution in [-0.2, 0) is 0 Å². The average Bonchev–Trinajstić information content (AvgIpc) is 2.40. The van der Waals surface area contributed by atoms with Crippen molar-refractivity contribution in [2.75, 3.05) is 0 Å². The molecule has 18 heavy (non-hydrogen) atoms. The van der Waals surface area contributed by atoms with Crippen LogP contribution in [0.1, 0.15) is 51.9 Å². The molecule has 0 bridgehead atoms. The second-order valence-electron chi connectivity index (χ2n) is 5.81. The van der Waals surface area contributed by atoms with Crippen LogP contribution in [-0.4, -0.2) is 0 Å². The minimum absolute atomic E-state index is 0.144. The lowest BCUT2D eigenvalue weighted by Gasteiger charge is -2.38. The van der Waals surface area contributed by atoms with Crippen LogP contribution in [0.3, 0.4) is 0 Å². The van der Waals surface area contributed by atoms with Crippen LogP contribution in [0.15, 0.2) is 24.1 Å². The van der Waals surface area contributed by atoms with Crippen molar-refractivity contribution in [3.05, 3.63) is 24.1 Å². The van der Waals surface area contributed by atoms with Crippen LogP contribution in [0.4, 0.5) is 4.39 Å². The lowest BCUT2D eigenvalue weighted by atomic mass is 9.64. The molecule has 98 valence electrons. The van der Waals surface area contributed by atoms with E-state index >= 15 is 0 Å². The van der Waals surface area contributed by atoms with Gasteiger partial charge in [-0.2, -0.15) is 5.26 Å². The Morgan fingerprint density at radius 2 is 2.11 bits per heavy atom. The number of nitriles is 1. The number of hydrogen-bond acceptors (Lipinski definition) is 1. The van der Waals surface area contributed by atoms with Crippen molar-refractivity contribution in [2.45, 2.75) is 51.9 Å². The van der Waals surface area contributed by atoms with Gasteiger partial charge in [0.1, 0.15) is 5.83 Å². The van der Waals surface area contributed by atoms with Gasteiger partial charge in [-0.15, -0.1) is 0 Å². The highest BCUT2D eigenvalue weighted by molar-refractivity contribution is 5.27. The zero-order valence-corrected chi connectivity index (χ0v) is 11.2. The molecule has 0 radical (unpaired) electrons. The molecule has 2 aliphatic rings. The summed E-state index contributed by atoms with van der Waals surface area (Å²) in [5.74, 6) is 1.02. The van der Waals surface area contributed by atoms with Gasteiger partial charge in [-0.25, -0.2) is 4.39 Å². The Morgan fingerprint density at radius 1 is 1.39 bits per heavy atom. The van der Waals surface area contributed by atoms with Crippen molar-refractivity contribution in [2.24, 2.45) is 17.3 Å².